The summed E-state index contributed by atoms with van der Waals surface area (Å²) in [5.41, 5.74) is 2.97. The fourth-order valence-electron chi connectivity index (χ4n) is 15.2. The Hall–Kier alpha value is -6.37. The molecule has 0 aromatic heterocycles. The van der Waals surface area contributed by atoms with E-state index in [9.17, 15) is 53.4 Å². The normalized spacial score (nSPS) is 31.8. The van der Waals surface area contributed by atoms with Gasteiger partial charge in [0.15, 0.2) is 5.79 Å². The summed E-state index contributed by atoms with van der Waals surface area (Å²) in [6.07, 6.45) is 8.70. The van der Waals surface area contributed by atoms with Gasteiger partial charge in [-0.2, -0.15) is 0 Å². The predicted molar refractivity (Wildman–Crippen MR) is 355 cm³/mol. The maximum atomic E-state index is 14.0. The van der Waals surface area contributed by atoms with Crippen LogP contribution in [0.5, 0.6) is 0 Å². The molecule has 1 saturated carbocycles. The molecular formula is C72H103N7O20. The Morgan fingerprint density at radius 3 is 2.21 bits per heavy atom. The SMILES string of the molecule is C=C1C[C@H](CC[C@]23C[C@@H](O)[C@H](O2)[C@H]2C[C@@H](O3)[C@H]3O[C@@H](CC(=O)C[C@@H]4[C@@H](OC)[C@@H](C[C@H](O)CNC(=O)C(OCNC(=O)CNC(=O)[C@H](Cc5ccccc5)NC(=O)CNC(=O)CNC(=O)CCCCCN5C(=O)C=CC5=O)C5CC5)O[C@H]4C)CC[C@@H]3O2)O[C@H]1CCC[C@H]1CCC(=C)[C@@H](C)O1. The van der Waals surface area contributed by atoms with Crippen LogP contribution in [0.1, 0.15) is 154 Å². The molecule has 27 nitrogen and oxygen atoms in total. The molecule has 1 aromatic carbocycles. The summed E-state index contributed by atoms with van der Waals surface area (Å²) >= 11 is 0. The number of imide groups is 1. The van der Waals surface area contributed by atoms with E-state index in [1.54, 1.807) is 37.4 Å². The number of ketones is 1. The lowest BCUT2D eigenvalue weighted by Gasteiger charge is -2.47. The third-order valence-corrected chi connectivity index (χ3v) is 20.8. The number of hydrogen-bond acceptors (Lipinski definition) is 20. The van der Waals surface area contributed by atoms with Gasteiger partial charge in [0.25, 0.3) is 11.8 Å². The summed E-state index contributed by atoms with van der Waals surface area (Å²) < 4.78 is 57.9. The number of amides is 8. The summed E-state index contributed by atoms with van der Waals surface area (Å²) in [4.78, 5) is 116. The second kappa shape index (κ2) is 35.5. The van der Waals surface area contributed by atoms with Gasteiger partial charge in [0.1, 0.15) is 36.9 Å². The molecule has 99 heavy (non-hydrogen) atoms. The van der Waals surface area contributed by atoms with Gasteiger partial charge in [-0.05, 0) is 120 Å². The summed E-state index contributed by atoms with van der Waals surface area (Å²) in [5, 5.41) is 37.9. The van der Waals surface area contributed by atoms with E-state index < -0.39 is 110 Å². The molecule has 546 valence electrons. The third kappa shape index (κ3) is 21.1. The molecule has 27 heteroatoms. The number of Topliss-reactive ketones (excluding diaryl/α,β-unsaturated/α-hetero) is 1. The molecule has 9 aliphatic rings. The molecule has 8 heterocycles. The van der Waals surface area contributed by atoms with E-state index in [1.807, 2.05) is 6.92 Å². The highest BCUT2D eigenvalue weighted by Crippen LogP contribution is 2.49. The molecule has 8 N–H and O–H groups in total. The number of carbonyl (C=O) groups excluding carboxylic acids is 9. The molecule has 0 spiro atoms. The number of rotatable bonds is 37. The van der Waals surface area contributed by atoms with E-state index in [1.165, 1.54) is 12.2 Å². The van der Waals surface area contributed by atoms with Crippen LogP contribution < -0.4 is 31.9 Å². The van der Waals surface area contributed by atoms with E-state index in [-0.39, 0.29) is 136 Å². The van der Waals surface area contributed by atoms with Gasteiger partial charge in [0, 0.05) is 89.6 Å². The van der Waals surface area contributed by atoms with E-state index >= 15 is 0 Å². The van der Waals surface area contributed by atoms with Crippen molar-refractivity contribution in [2.45, 2.75) is 265 Å². The largest absolute Gasteiger partial charge is 0.391 e. The van der Waals surface area contributed by atoms with Gasteiger partial charge < -0.3 is 84.7 Å². The number of carbonyl (C=O) groups is 9. The Kier molecular flexibility index (Phi) is 27.0. The highest BCUT2D eigenvalue weighted by Gasteiger charge is 2.60. The van der Waals surface area contributed by atoms with Crippen LogP contribution in [0.25, 0.3) is 0 Å². The molecular weight excluding hydrogens is 1280 g/mol. The highest BCUT2D eigenvalue weighted by atomic mass is 16.7. The number of nitrogens with one attached hydrogen (secondary N) is 6. The van der Waals surface area contributed by atoms with Crippen molar-refractivity contribution in [1.82, 2.24) is 36.8 Å². The number of nitrogens with zero attached hydrogens (tertiary/aromatic N) is 1. The molecule has 19 atom stereocenters. The standard InChI is InChI=1S/C72H103N7O20/c1-41-18-21-49(93-43(41)3)15-12-16-55-42(2)29-51(95-55)26-27-72-35-54(82)68(99-72)58-34-59(98-72)69-56(97-58)23-22-50(96-69)31-47(80)32-52-44(4)94-57(67(52)91-5)33-48(81)36-75-71(90)66(46-19-20-46)92-40-77-62(85)38-76-70(89)53(30-45-13-8-6-9-14-45)78-63(86)39-74-61(84)37-73-60(83)17-10-7-11-28-79-64(87)24-25-65(79)88/h6,8-9,13-14,24-25,43-44,46,48-59,66-69,81-82H,1-2,7,10-12,15-23,26-40H2,3-5H3,(H,73,83)(H,74,84)(H,75,90)(H,76,89)(H,77,85)(H,78,86)/t43-,44+,48+,49+,50-,51+,52+,53+,54-,55+,56+,57-,58-,59-,66?,67-,68+,69+,72-/m1/s1. The zero-order valence-electron chi connectivity index (χ0n) is 57.4. The third-order valence-electron chi connectivity index (χ3n) is 20.8. The lowest BCUT2D eigenvalue weighted by molar-refractivity contribution is -0.277. The van der Waals surface area contributed by atoms with Crippen molar-refractivity contribution < 1.29 is 96.0 Å². The van der Waals surface area contributed by atoms with Crippen molar-refractivity contribution >= 4 is 53.0 Å². The Bertz CT molecular complexity index is 3040. The number of ether oxygens (including phenoxy) is 9. The van der Waals surface area contributed by atoms with Gasteiger partial charge in [0.2, 0.25) is 35.4 Å². The number of unbranched alkanes of at least 4 members (excludes halogenated alkanes) is 2. The Morgan fingerprint density at radius 1 is 0.707 bits per heavy atom. The van der Waals surface area contributed by atoms with Crippen LogP contribution in [-0.2, 0) is 92.2 Å². The van der Waals surface area contributed by atoms with Crippen LogP contribution in [0.2, 0.25) is 0 Å². The van der Waals surface area contributed by atoms with Crippen molar-refractivity contribution in [3.63, 3.8) is 0 Å². The molecule has 1 unspecified atom stereocenters. The first-order chi connectivity index (χ1) is 47.6. The zero-order valence-corrected chi connectivity index (χ0v) is 57.4. The van der Waals surface area contributed by atoms with Crippen LogP contribution in [0.15, 0.2) is 66.8 Å². The lowest BCUT2D eigenvalue weighted by atomic mass is 9.85. The average molecular weight is 1390 g/mol. The first-order valence-corrected chi connectivity index (χ1v) is 35.8. The molecule has 8 fully saturated rings. The van der Waals surface area contributed by atoms with Crippen LogP contribution in [-0.4, -0.2) is 224 Å². The summed E-state index contributed by atoms with van der Waals surface area (Å²) in [5.74, 6) is -5.76. The van der Waals surface area contributed by atoms with Gasteiger partial charge in [0.05, 0.1) is 99.0 Å². The van der Waals surface area contributed by atoms with Crippen molar-refractivity contribution in [3.05, 3.63) is 72.4 Å². The zero-order chi connectivity index (χ0) is 70.3. The number of hydrogen-bond donors (Lipinski definition) is 8. The summed E-state index contributed by atoms with van der Waals surface area (Å²) in [6.45, 7) is 10.8. The fourth-order valence-corrected chi connectivity index (χ4v) is 15.2. The van der Waals surface area contributed by atoms with Crippen molar-refractivity contribution in [2.24, 2.45) is 11.8 Å². The van der Waals surface area contributed by atoms with Gasteiger partial charge in [-0.3, -0.25) is 48.1 Å². The van der Waals surface area contributed by atoms with Crippen molar-refractivity contribution in [3.8, 4) is 0 Å². The predicted octanol–water partition coefficient (Wildman–Crippen LogP) is 2.79. The Labute approximate surface area is 579 Å². The Balaban J connectivity index is 0.607. The van der Waals surface area contributed by atoms with E-state index in [0.717, 1.165) is 54.6 Å². The minimum atomic E-state index is -1.15. The van der Waals surface area contributed by atoms with Crippen LogP contribution >= 0.6 is 0 Å². The first-order valence-electron chi connectivity index (χ1n) is 35.8. The van der Waals surface area contributed by atoms with Crippen LogP contribution in [0, 0.1) is 11.8 Å². The van der Waals surface area contributed by atoms with Crippen molar-refractivity contribution in [2.75, 3.05) is 46.6 Å². The maximum Gasteiger partial charge on any atom is 0.253 e. The second-order valence-electron chi connectivity index (χ2n) is 28.4. The molecule has 1 aromatic rings. The number of methoxy groups -OCH3 is 1. The number of fused-ring (bicyclic) bond motifs is 7. The highest BCUT2D eigenvalue weighted by molar-refractivity contribution is 6.12. The molecule has 10 rings (SSSR count). The molecule has 8 aliphatic heterocycles. The minimum Gasteiger partial charge on any atom is -0.391 e. The smallest absolute Gasteiger partial charge is 0.253 e. The average Bonchev–Trinajstić information content (AvgIpc) is 1.61. The quantitative estimate of drug-likeness (QED) is 0.0205. The van der Waals surface area contributed by atoms with Crippen LogP contribution in [0.4, 0.5) is 0 Å². The minimum absolute atomic E-state index is 0.00793. The molecule has 7 saturated heterocycles. The monoisotopic (exact) mass is 1390 g/mol. The van der Waals surface area contributed by atoms with E-state index in [0.29, 0.717) is 76.2 Å². The topological polar surface area (TPSA) is 353 Å². The van der Waals surface area contributed by atoms with Gasteiger partial charge >= 0.3 is 0 Å². The number of aliphatic hydroxyl groups is 2. The maximum absolute atomic E-state index is 14.0. The molecule has 4 bridgehead atoms. The number of benzene rings is 1. The fraction of sp³-hybridized carbons (Fsp3) is 0.708. The lowest BCUT2D eigenvalue weighted by Crippen LogP contribution is -2.58. The van der Waals surface area contributed by atoms with Gasteiger partial charge in [-0.15, -0.1) is 0 Å². The molecule has 0 radical (unpaired) electrons. The van der Waals surface area contributed by atoms with Gasteiger partial charge in [-0.25, -0.2) is 0 Å². The van der Waals surface area contributed by atoms with Gasteiger partial charge in [-0.1, -0.05) is 49.9 Å². The van der Waals surface area contributed by atoms with E-state index in [2.05, 4.69) is 52.0 Å². The van der Waals surface area contributed by atoms with Crippen molar-refractivity contribution in [1.29, 1.82) is 0 Å². The number of aliphatic hydroxyl groups excluding tert-OH is 2. The van der Waals surface area contributed by atoms with Crippen LogP contribution in [0.3, 0.4) is 0 Å². The summed E-state index contributed by atoms with van der Waals surface area (Å²) in [6, 6.07) is 7.68. The van der Waals surface area contributed by atoms with E-state index in [4.69, 9.17) is 42.6 Å². The molecule has 8 amide bonds. The second-order valence-corrected chi connectivity index (χ2v) is 28.4. The summed E-state index contributed by atoms with van der Waals surface area (Å²) in [7, 11) is 1.55. The first kappa shape index (κ1) is 75.3. The molecule has 1 aliphatic carbocycles. The Morgan fingerprint density at radius 2 is 1.45 bits per heavy atom.